The lowest BCUT2D eigenvalue weighted by molar-refractivity contribution is -0.138. The molecular weight excluding hydrogens is 299 g/mol. The summed E-state index contributed by atoms with van der Waals surface area (Å²) in [6, 6.07) is 5.35. The minimum absolute atomic E-state index is 0.0208. The van der Waals surface area contributed by atoms with Crippen molar-refractivity contribution in [2.24, 2.45) is 0 Å². The van der Waals surface area contributed by atoms with Crippen molar-refractivity contribution in [1.82, 2.24) is 5.32 Å². The molecule has 0 aliphatic rings. The number of carboxylic acids is 1. The maximum Gasteiger partial charge on any atom is 0.416 e. The fourth-order valence-electron chi connectivity index (χ4n) is 1.61. The van der Waals surface area contributed by atoms with Crippen molar-refractivity contribution in [2.75, 3.05) is 13.2 Å². The predicted molar refractivity (Wildman–Crippen MR) is 77.6 cm³/mol. The van der Waals surface area contributed by atoms with Gasteiger partial charge in [-0.3, -0.25) is 4.79 Å². The van der Waals surface area contributed by atoms with Crippen LogP contribution in [0.3, 0.4) is 0 Å². The minimum atomic E-state index is -4.29. The van der Waals surface area contributed by atoms with Crippen molar-refractivity contribution in [3.8, 4) is 0 Å². The molecule has 126 valence electrons. The summed E-state index contributed by atoms with van der Waals surface area (Å²) in [6.45, 7) is 3.94. The zero-order valence-corrected chi connectivity index (χ0v) is 12.7. The fraction of sp³-hybridized carbons (Fsp3) is 0.533. The molecule has 1 rings (SSSR count). The summed E-state index contributed by atoms with van der Waals surface area (Å²) in [5.41, 5.74) is 0.0159. The van der Waals surface area contributed by atoms with Crippen LogP contribution in [-0.4, -0.2) is 35.4 Å². The van der Waals surface area contributed by atoms with Crippen molar-refractivity contribution in [3.05, 3.63) is 35.4 Å². The van der Waals surface area contributed by atoms with Gasteiger partial charge in [0.15, 0.2) is 0 Å². The number of aliphatic hydroxyl groups is 1. The number of hydrogen-bond acceptors (Lipinski definition) is 3. The fourth-order valence-corrected chi connectivity index (χ4v) is 1.61. The lowest BCUT2D eigenvalue weighted by Crippen LogP contribution is -2.30. The average Bonchev–Trinajstić information content (AvgIpc) is 2.45. The monoisotopic (exact) mass is 321 g/mol. The largest absolute Gasteiger partial charge is 0.481 e. The van der Waals surface area contributed by atoms with Crippen molar-refractivity contribution < 1.29 is 28.2 Å². The predicted octanol–water partition coefficient (Wildman–Crippen LogP) is 2.70. The lowest BCUT2D eigenvalue weighted by Gasteiger charge is -2.14. The van der Waals surface area contributed by atoms with E-state index in [1.54, 1.807) is 13.0 Å². The number of aliphatic hydroxyl groups excluding tert-OH is 1. The van der Waals surface area contributed by atoms with Crippen molar-refractivity contribution in [1.29, 1.82) is 0 Å². The molecule has 0 fully saturated rings. The van der Waals surface area contributed by atoms with Crippen LogP contribution in [0.5, 0.6) is 0 Å². The van der Waals surface area contributed by atoms with E-state index in [-0.39, 0.29) is 19.1 Å². The molecule has 22 heavy (non-hydrogen) atoms. The Morgan fingerprint density at radius 2 is 1.95 bits per heavy atom. The number of nitrogens with one attached hydrogen (secondary N) is 1. The molecule has 0 aromatic heterocycles. The van der Waals surface area contributed by atoms with E-state index in [0.29, 0.717) is 18.5 Å². The SMILES string of the molecule is CC(Cc1cccc(C(F)(F)F)c1)NCCO.CCC(=O)O. The van der Waals surface area contributed by atoms with Gasteiger partial charge in [0.1, 0.15) is 0 Å². The molecule has 0 radical (unpaired) electrons. The van der Waals surface area contributed by atoms with Crippen molar-refractivity contribution in [3.63, 3.8) is 0 Å². The molecule has 3 N–H and O–H groups in total. The minimum Gasteiger partial charge on any atom is -0.481 e. The number of carbonyl (C=O) groups is 1. The van der Waals surface area contributed by atoms with E-state index in [4.69, 9.17) is 10.2 Å². The Morgan fingerprint density at radius 1 is 1.36 bits per heavy atom. The van der Waals surface area contributed by atoms with Gasteiger partial charge in [0.25, 0.3) is 0 Å². The van der Waals surface area contributed by atoms with Gasteiger partial charge in [-0.15, -0.1) is 0 Å². The van der Waals surface area contributed by atoms with Gasteiger partial charge in [-0.1, -0.05) is 25.1 Å². The zero-order valence-electron chi connectivity index (χ0n) is 12.7. The standard InChI is InChI=1S/C12H16F3NO.C3H6O2/c1-9(16-5-6-17)7-10-3-2-4-11(8-10)12(13,14)15;1-2-3(4)5/h2-4,8-9,16-17H,5-7H2,1H3;2H2,1H3,(H,4,5). The Balaban J connectivity index is 0.000000763. The van der Waals surface area contributed by atoms with Crippen LogP contribution in [0.15, 0.2) is 24.3 Å². The topological polar surface area (TPSA) is 69.6 Å². The Bertz CT molecular complexity index is 450. The first-order valence-electron chi connectivity index (χ1n) is 6.92. The number of halogens is 3. The van der Waals surface area contributed by atoms with E-state index >= 15 is 0 Å². The summed E-state index contributed by atoms with van der Waals surface area (Å²) in [4.78, 5) is 9.37. The molecular formula is C15H22F3NO3. The van der Waals surface area contributed by atoms with Gasteiger partial charge in [0.2, 0.25) is 0 Å². The van der Waals surface area contributed by atoms with Gasteiger partial charge in [-0.25, -0.2) is 0 Å². The number of alkyl halides is 3. The third-order valence-corrected chi connectivity index (χ3v) is 2.70. The van der Waals surface area contributed by atoms with Crippen LogP contribution in [0.1, 0.15) is 31.4 Å². The summed E-state index contributed by atoms with van der Waals surface area (Å²) in [5, 5.41) is 19.4. The first-order valence-corrected chi connectivity index (χ1v) is 6.92. The summed E-state index contributed by atoms with van der Waals surface area (Å²) in [7, 11) is 0. The molecule has 0 bridgehead atoms. The van der Waals surface area contributed by atoms with Gasteiger partial charge >= 0.3 is 12.1 Å². The second-order valence-corrected chi connectivity index (χ2v) is 4.73. The van der Waals surface area contributed by atoms with E-state index in [1.165, 1.54) is 6.07 Å². The summed E-state index contributed by atoms with van der Waals surface area (Å²) >= 11 is 0. The third-order valence-electron chi connectivity index (χ3n) is 2.70. The van der Waals surface area contributed by atoms with Crippen LogP contribution in [0.25, 0.3) is 0 Å². The molecule has 1 aromatic rings. The molecule has 0 amide bonds. The Kier molecular flexibility index (Phi) is 9.44. The highest BCUT2D eigenvalue weighted by Gasteiger charge is 2.30. The first-order chi connectivity index (χ1) is 10.2. The van der Waals surface area contributed by atoms with Gasteiger partial charge in [-0.05, 0) is 25.0 Å². The van der Waals surface area contributed by atoms with Gasteiger partial charge < -0.3 is 15.5 Å². The van der Waals surface area contributed by atoms with E-state index in [1.807, 2.05) is 6.92 Å². The van der Waals surface area contributed by atoms with Gasteiger partial charge in [0.05, 0.1) is 12.2 Å². The maximum absolute atomic E-state index is 12.5. The molecule has 1 atom stereocenters. The van der Waals surface area contributed by atoms with Crippen LogP contribution in [-0.2, 0) is 17.4 Å². The molecule has 0 aliphatic carbocycles. The van der Waals surface area contributed by atoms with E-state index < -0.39 is 17.7 Å². The van der Waals surface area contributed by atoms with Crippen LogP contribution in [0.4, 0.5) is 13.2 Å². The first kappa shape index (κ1) is 20.4. The number of carboxylic acid groups (broad SMARTS) is 1. The summed E-state index contributed by atoms with van der Waals surface area (Å²) in [6.07, 6.45) is -3.57. The third kappa shape index (κ3) is 9.36. The Hall–Kier alpha value is -1.60. The molecule has 0 saturated carbocycles. The molecule has 0 spiro atoms. The van der Waals surface area contributed by atoms with Gasteiger partial charge in [0, 0.05) is 19.0 Å². The lowest BCUT2D eigenvalue weighted by atomic mass is 10.0. The van der Waals surface area contributed by atoms with E-state index in [2.05, 4.69) is 5.32 Å². The number of benzene rings is 1. The highest BCUT2D eigenvalue weighted by molar-refractivity contribution is 5.66. The molecule has 1 unspecified atom stereocenters. The molecule has 0 saturated heterocycles. The summed E-state index contributed by atoms with van der Waals surface area (Å²) < 4.78 is 37.4. The number of aliphatic carboxylic acids is 1. The van der Waals surface area contributed by atoms with E-state index in [9.17, 15) is 18.0 Å². The van der Waals surface area contributed by atoms with Crippen LogP contribution >= 0.6 is 0 Å². The van der Waals surface area contributed by atoms with Crippen molar-refractivity contribution in [2.45, 2.75) is 38.9 Å². The highest BCUT2D eigenvalue weighted by Crippen LogP contribution is 2.29. The second kappa shape index (κ2) is 10.2. The van der Waals surface area contributed by atoms with E-state index in [0.717, 1.165) is 12.1 Å². The molecule has 1 aromatic carbocycles. The molecule has 0 aliphatic heterocycles. The quantitative estimate of drug-likeness (QED) is 0.753. The zero-order chi connectivity index (χ0) is 17.2. The molecule has 7 heteroatoms. The van der Waals surface area contributed by atoms with Gasteiger partial charge in [-0.2, -0.15) is 13.2 Å². The van der Waals surface area contributed by atoms with Crippen molar-refractivity contribution >= 4 is 5.97 Å². The Labute approximate surface area is 128 Å². The Morgan fingerprint density at radius 3 is 2.41 bits per heavy atom. The average molecular weight is 321 g/mol. The van der Waals surface area contributed by atoms with Crippen LogP contribution < -0.4 is 5.32 Å². The summed E-state index contributed by atoms with van der Waals surface area (Å²) in [5.74, 6) is -0.745. The highest BCUT2D eigenvalue weighted by atomic mass is 19.4. The number of hydrogen-bond donors (Lipinski definition) is 3. The van der Waals surface area contributed by atoms with Crippen LogP contribution in [0, 0.1) is 0 Å². The molecule has 4 nitrogen and oxygen atoms in total. The number of rotatable bonds is 6. The van der Waals surface area contributed by atoms with Crippen LogP contribution in [0.2, 0.25) is 0 Å². The smallest absolute Gasteiger partial charge is 0.416 e. The maximum atomic E-state index is 12.5. The normalized spacial score (nSPS) is 12.3. The second-order valence-electron chi connectivity index (χ2n) is 4.73. The molecule has 0 heterocycles.